The Bertz CT molecular complexity index is 746. The lowest BCUT2D eigenvalue weighted by Gasteiger charge is -2.11. The van der Waals surface area contributed by atoms with Gasteiger partial charge in [-0.3, -0.25) is 4.79 Å². The van der Waals surface area contributed by atoms with Gasteiger partial charge in [0.1, 0.15) is 11.0 Å². The predicted octanol–water partition coefficient (Wildman–Crippen LogP) is 1.08. The van der Waals surface area contributed by atoms with Gasteiger partial charge in [0.2, 0.25) is 0 Å². The molecule has 0 radical (unpaired) electrons. The van der Waals surface area contributed by atoms with E-state index in [0.717, 1.165) is 11.7 Å². The van der Waals surface area contributed by atoms with Crippen LogP contribution in [0.5, 0.6) is 0 Å². The van der Waals surface area contributed by atoms with Gasteiger partial charge >= 0.3 is 5.97 Å². The highest BCUT2D eigenvalue weighted by Crippen LogP contribution is 2.47. The first-order valence-corrected chi connectivity index (χ1v) is 7.40. The molecule has 0 spiro atoms. The molecule has 1 aromatic carbocycles. The summed E-state index contributed by atoms with van der Waals surface area (Å²) < 4.78 is 31.1. The van der Waals surface area contributed by atoms with Crippen LogP contribution in [0.25, 0.3) is 11.0 Å². The second kappa shape index (κ2) is 3.48. The summed E-state index contributed by atoms with van der Waals surface area (Å²) in [5.41, 5.74) is 0.734. The summed E-state index contributed by atoms with van der Waals surface area (Å²) in [6.07, 6.45) is 0.303. The molecule has 18 heavy (non-hydrogen) atoms. The maximum atomic E-state index is 12.4. The lowest BCUT2D eigenvalue weighted by atomic mass is 10.3. The molecule has 8 heteroatoms. The first-order valence-electron chi connectivity index (χ1n) is 5.18. The maximum Gasteiger partial charge on any atom is 0.325 e. The molecule has 0 aliphatic heterocycles. The minimum Gasteiger partial charge on any atom is -0.480 e. The van der Waals surface area contributed by atoms with Gasteiger partial charge in [-0.25, -0.2) is 8.42 Å². The quantitative estimate of drug-likeness (QED) is 0.905. The van der Waals surface area contributed by atoms with Crippen LogP contribution in [-0.2, 0) is 14.6 Å². The molecule has 1 N–H and O–H groups in total. The van der Waals surface area contributed by atoms with Gasteiger partial charge in [-0.2, -0.15) is 8.75 Å². The monoisotopic (exact) mass is 284 g/mol. The second-order valence-corrected chi connectivity index (χ2v) is 6.95. The fraction of sp³-hybridized carbons (Fsp3) is 0.300. The lowest BCUT2D eigenvalue weighted by molar-refractivity contribution is -0.137. The van der Waals surface area contributed by atoms with E-state index in [9.17, 15) is 13.2 Å². The minimum atomic E-state index is -3.92. The third kappa shape index (κ3) is 1.33. The summed E-state index contributed by atoms with van der Waals surface area (Å²) in [5, 5.41) is 9.11. The Balaban J connectivity index is 2.27. The van der Waals surface area contributed by atoms with Gasteiger partial charge in [-0.1, -0.05) is 6.07 Å². The van der Waals surface area contributed by atoms with E-state index in [0.29, 0.717) is 5.52 Å². The number of nitrogens with zero attached hydrogens (tertiary/aromatic N) is 2. The fourth-order valence-corrected chi connectivity index (χ4v) is 4.48. The van der Waals surface area contributed by atoms with Crippen LogP contribution in [0.15, 0.2) is 23.1 Å². The van der Waals surface area contributed by atoms with E-state index in [4.69, 9.17) is 5.11 Å². The number of carboxylic acids is 1. The average molecular weight is 284 g/mol. The van der Waals surface area contributed by atoms with E-state index in [2.05, 4.69) is 8.75 Å². The number of hydrogen-bond donors (Lipinski definition) is 1. The summed E-state index contributed by atoms with van der Waals surface area (Å²) in [4.78, 5) is 11.1. The molecule has 2 aromatic rings. The van der Waals surface area contributed by atoms with Crippen LogP contribution in [0.4, 0.5) is 0 Å². The molecule has 0 saturated heterocycles. The molecular formula is C10H8N2O4S2. The molecule has 0 unspecified atom stereocenters. The number of aromatic nitrogens is 2. The van der Waals surface area contributed by atoms with Crippen molar-refractivity contribution >= 4 is 38.6 Å². The molecule has 0 atom stereocenters. The largest absolute Gasteiger partial charge is 0.480 e. The smallest absolute Gasteiger partial charge is 0.325 e. The highest BCUT2D eigenvalue weighted by atomic mass is 32.2. The number of aliphatic carboxylic acids is 1. The molecule has 1 heterocycles. The van der Waals surface area contributed by atoms with Crippen molar-refractivity contribution in [3.05, 3.63) is 18.2 Å². The van der Waals surface area contributed by atoms with Gasteiger partial charge in [0.15, 0.2) is 14.6 Å². The topological polar surface area (TPSA) is 97.2 Å². The minimum absolute atomic E-state index is 0.0337. The zero-order chi connectivity index (χ0) is 13.0. The first kappa shape index (κ1) is 11.5. The van der Waals surface area contributed by atoms with Crippen molar-refractivity contribution in [1.29, 1.82) is 0 Å². The van der Waals surface area contributed by atoms with E-state index in [1.165, 1.54) is 6.07 Å². The Hall–Kier alpha value is -1.54. The third-order valence-corrected chi connectivity index (χ3v) is 6.21. The summed E-state index contributed by atoms with van der Waals surface area (Å²) >= 11 is 0.911. The second-order valence-electron chi connectivity index (χ2n) is 4.19. The van der Waals surface area contributed by atoms with E-state index in [1.54, 1.807) is 12.1 Å². The van der Waals surface area contributed by atoms with E-state index >= 15 is 0 Å². The van der Waals surface area contributed by atoms with Crippen molar-refractivity contribution in [2.24, 2.45) is 0 Å². The lowest BCUT2D eigenvalue weighted by Crippen LogP contribution is -2.32. The van der Waals surface area contributed by atoms with Crippen LogP contribution in [0.2, 0.25) is 0 Å². The van der Waals surface area contributed by atoms with Crippen LogP contribution >= 0.6 is 11.7 Å². The average Bonchev–Trinajstić information content (AvgIpc) is 3.02. The Morgan fingerprint density at radius 1 is 1.33 bits per heavy atom. The maximum absolute atomic E-state index is 12.4. The van der Waals surface area contributed by atoms with Crippen molar-refractivity contribution < 1.29 is 18.3 Å². The molecule has 0 bridgehead atoms. The molecule has 3 rings (SSSR count). The number of rotatable bonds is 3. The normalized spacial score (nSPS) is 17.8. The van der Waals surface area contributed by atoms with Gasteiger partial charge < -0.3 is 5.11 Å². The fourth-order valence-electron chi connectivity index (χ4n) is 1.92. The van der Waals surface area contributed by atoms with Gasteiger partial charge in [0, 0.05) is 0 Å². The third-order valence-electron chi connectivity index (χ3n) is 3.15. The SMILES string of the molecule is O=C(O)C1(S(=O)(=O)c2cccc3nsnc23)CC1. The highest BCUT2D eigenvalue weighted by Gasteiger charge is 2.62. The number of carbonyl (C=O) groups is 1. The van der Waals surface area contributed by atoms with Crippen LogP contribution in [-0.4, -0.2) is 33.0 Å². The Kier molecular flexibility index (Phi) is 2.23. The molecule has 1 aromatic heterocycles. The number of sulfone groups is 1. The number of hydrogen-bond acceptors (Lipinski definition) is 6. The summed E-state index contributed by atoms with van der Waals surface area (Å²) in [5.74, 6) is -1.29. The van der Waals surface area contributed by atoms with E-state index in [-0.39, 0.29) is 23.3 Å². The Morgan fingerprint density at radius 3 is 2.67 bits per heavy atom. The van der Waals surface area contributed by atoms with E-state index in [1.807, 2.05) is 0 Å². The van der Waals surface area contributed by atoms with E-state index < -0.39 is 20.6 Å². The Labute approximate surface area is 107 Å². The summed E-state index contributed by atoms with van der Waals surface area (Å²) in [6, 6.07) is 4.59. The van der Waals surface area contributed by atoms with Crippen molar-refractivity contribution in [1.82, 2.24) is 8.75 Å². The molecule has 1 saturated carbocycles. The van der Waals surface area contributed by atoms with Crippen molar-refractivity contribution in [2.45, 2.75) is 22.5 Å². The van der Waals surface area contributed by atoms with Crippen LogP contribution in [0, 0.1) is 0 Å². The zero-order valence-electron chi connectivity index (χ0n) is 9.03. The van der Waals surface area contributed by atoms with Gasteiger partial charge in [-0.05, 0) is 25.0 Å². The molecule has 0 amide bonds. The van der Waals surface area contributed by atoms with Gasteiger partial charge in [0.25, 0.3) is 0 Å². The predicted molar refractivity (Wildman–Crippen MR) is 64.2 cm³/mol. The number of fused-ring (bicyclic) bond motifs is 1. The molecule has 1 aliphatic carbocycles. The zero-order valence-corrected chi connectivity index (χ0v) is 10.7. The van der Waals surface area contributed by atoms with Crippen LogP contribution in [0.1, 0.15) is 12.8 Å². The van der Waals surface area contributed by atoms with Crippen LogP contribution in [0.3, 0.4) is 0 Å². The Morgan fingerprint density at radius 2 is 2.06 bits per heavy atom. The van der Waals surface area contributed by atoms with Crippen molar-refractivity contribution in [2.75, 3.05) is 0 Å². The molecule has 1 fully saturated rings. The standard InChI is InChI=1S/C10H8N2O4S2/c13-9(14)10(4-5-10)18(15,16)7-3-1-2-6-8(7)12-17-11-6/h1-3H,4-5H2,(H,13,14). The molecule has 94 valence electrons. The molecular weight excluding hydrogens is 276 g/mol. The van der Waals surface area contributed by atoms with Crippen molar-refractivity contribution in [3.8, 4) is 0 Å². The first-order chi connectivity index (χ1) is 8.49. The summed E-state index contributed by atoms with van der Waals surface area (Å²) in [7, 11) is -3.92. The van der Waals surface area contributed by atoms with Crippen LogP contribution < -0.4 is 0 Å². The number of carboxylic acid groups (broad SMARTS) is 1. The molecule has 6 nitrogen and oxygen atoms in total. The van der Waals surface area contributed by atoms with Gasteiger partial charge in [-0.15, -0.1) is 0 Å². The molecule has 1 aliphatic rings. The summed E-state index contributed by atoms with van der Waals surface area (Å²) in [6.45, 7) is 0. The van der Waals surface area contributed by atoms with Crippen molar-refractivity contribution in [3.63, 3.8) is 0 Å². The highest BCUT2D eigenvalue weighted by molar-refractivity contribution is 7.94. The number of benzene rings is 1. The van der Waals surface area contributed by atoms with Gasteiger partial charge in [0.05, 0.1) is 16.6 Å².